The van der Waals surface area contributed by atoms with Crippen LogP contribution in [0, 0.1) is 5.82 Å². The number of benzene rings is 1. The molecule has 102 valence electrons. The van der Waals surface area contributed by atoms with Crippen molar-refractivity contribution in [1.82, 2.24) is 4.72 Å². The smallest absolute Gasteiger partial charge is 0.240 e. The molecule has 0 saturated carbocycles. The Balaban J connectivity index is 2.82. The number of aliphatic hydroxyl groups excluding tert-OH is 1. The van der Waals surface area contributed by atoms with Crippen molar-refractivity contribution in [2.24, 2.45) is 0 Å². The van der Waals surface area contributed by atoms with Gasteiger partial charge in [-0.3, -0.25) is 0 Å². The monoisotopic (exact) mass is 277 g/mol. The van der Waals surface area contributed by atoms with Crippen LogP contribution in [0.5, 0.6) is 5.75 Å². The van der Waals surface area contributed by atoms with E-state index in [4.69, 9.17) is 9.84 Å². The third-order valence-electron chi connectivity index (χ3n) is 2.29. The summed E-state index contributed by atoms with van der Waals surface area (Å²) in [7, 11) is -2.46. The Morgan fingerprint density at radius 2 is 2.17 bits per heavy atom. The molecule has 1 aromatic carbocycles. The SMILES string of the molecule is COc1ccc(S(=O)(=O)NCCC(C)O)cc1F. The van der Waals surface area contributed by atoms with Gasteiger partial charge in [-0.1, -0.05) is 0 Å². The fraction of sp³-hybridized carbons (Fsp3) is 0.455. The van der Waals surface area contributed by atoms with Gasteiger partial charge in [-0.15, -0.1) is 0 Å². The number of hydrogen-bond acceptors (Lipinski definition) is 4. The second-order valence-electron chi connectivity index (χ2n) is 3.83. The quantitative estimate of drug-likeness (QED) is 0.809. The lowest BCUT2D eigenvalue weighted by molar-refractivity contribution is 0.186. The first-order valence-electron chi connectivity index (χ1n) is 5.38. The Morgan fingerprint density at radius 3 is 2.67 bits per heavy atom. The molecule has 0 heterocycles. The van der Waals surface area contributed by atoms with Crippen molar-refractivity contribution in [3.05, 3.63) is 24.0 Å². The van der Waals surface area contributed by atoms with Crippen molar-refractivity contribution in [2.75, 3.05) is 13.7 Å². The van der Waals surface area contributed by atoms with Gasteiger partial charge in [-0.25, -0.2) is 17.5 Å². The summed E-state index contributed by atoms with van der Waals surface area (Å²) in [5, 5.41) is 9.02. The van der Waals surface area contributed by atoms with Crippen molar-refractivity contribution in [3.63, 3.8) is 0 Å². The Labute approximate surface area is 106 Å². The normalized spacial score (nSPS) is 13.3. The van der Waals surface area contributed by atoms with Gasteiger partial charge < -0.3 is 9.84 Å². The van der Waals surface area contributed by atoms with Gasteiger partial charge in [0.05, 0.1) is 18.1 Å². The topological polar surface area (TPSA) is 75.6 Å². The van der Waals surface area contributed by atoms with Crippen LogP contribution in [0.2, 0.25) is 0 Å². The Kier molecular flexibility index (Phi) is 5.06. The van der Waals surface area contributed by atoms with Crippen LogP contribution < -0.4 is 9.46 Å². The lowest BCUT2D eigenvalue weighted by Gasteiger charge is -2.09. The molecule has 0 saturated heterocycles. The number of ether oxygens (including phenoxy) is 1. The Bertz CT molecular complexity index is 502. The van der Waals surface area contributed by atoms with Crippen molar-refractivity contribution >= 4 is 10.0 Å². The summed E-state index contributed by atoms with van der Waals surface area (Å²) in [5.41, 5.74) is 0. The minimum atomic E-state index is -3.76. The lowest BCUT2D eigenvalue weighted by Crippen LogP contribution is -2.26. The van der Waals surface area contributed by atoms with Crippen LogP contribution in [0.4, 0.5) is 4.39 Å². The third kappa shape index (κ3) is 3.94. The van der Waals surface area contributed by atoms with Crippen LogP contribution in [0.3, 0.4) is 0 Å². The molecule has 1 aromatic rings. The van der Waals surface area contributed by atoms with Gasteiger partial charge in [-0.05, 0) is 31.5 Å². The summed E-state index contributed by atoms with van der Waals surface area (Å²) in [6.07, 6.45) is -0.307. The van der Waals surface area contributed by atoms with E-state index in [2.05, 4.69) is 4.72 Å². The van der Waals surface area contributed by atoms with Crippen LogP contribution >= 0.6 is 0 Å². The average molecular weight is 277 g/mol. The first-order chi connectivity index (χ1) is 8.36. The van der Waals surface area contributed by atoms with E-state index in [0.29, 0.717) is 0 Å². The maximum Gasteiger partial charge on any atom is 0.240 e. The second-order valence-corrected chi connectivity index (χ2v) is 5.60. The lowest BCUT2D eigenvalue weighted by atomic mass is 10.3. The molecule has 0 bridgehead atoms. The molecule has 0 radical (unpaired) electrons. The molecule has 1 atom stereocenters. The summed E-state index contributed by atoms with van der Waals surface area (Å²) in [6.45, 7) is 1.65. The van der Waals surface area contributed by atoms with E-state index in [1.807, 2.05) is 0 Å². The van der Waals surface area contributed by atoms with Crippen molar-refractivity contribution in [1.29, 1.82) is 0 Å². The molecule has 1 unspecified atom stereocenters. The highest BCUT2D eigenvalue weighted by atomic mass is 32.2. The van der Waals surface area contributed by atoms with E-state index in [1.165, 1.54) is 19.2 Å². The first kappa shape index (κ1) is 14.9. The fourth-order valence-electron chi connectivity index (χ4n) is 1.30. The zero-order valence-electron chi connectivity index (χ0n) is 10.2. The molecule has 1 rings (SSSR count). The van der Waals surface area contributed by atoms with Gasteiger partial charge in [0.1, 0.15) is 0 Å². The molecule has 18 heavy (non-hydrogen) atoms. The summed E-state index contributed by atoms with van der Waals surface area (Å²) >= 11 is 0. The van der Waals surface area contributed by atoms with Gasteiger partial charge in [0.15, 0.2) is 11.6 Å². The maximum atomic E-state index is 13.4. The molecule has 0 spiro atoms. The molecule has 0 amide bonds. The fourth-order valence-corrected chi connectivity index (χ4v) is 2.36. The van der Waals surface area contributed by atoms with Gasteiger partial charge in [0.25, 0.3) is 0 Å². The van der Waals surface area contributed by atoms with Crippen LogP contribution in [0.25, 0.3) is 0 Å². The number of nitrogens with one attached hydrogen (secondary N) is 1. The molecule has 7 heteroatoms. The zero-order chi connectivity index (χ0) is 13.8. The predicted molar refractivity (Wildman–Crippen MR) is 64.4 cm³/mol. The number of aliphatic hydroxyl groups is 1. The minimum Gasteiger partial charge on any atom is -0.494 e. The van der Waals surface area contributed by atoms with E-state index in [9.17, 15) is 12.8 Å². The van der Waals surface area contributed by atoms with Crippen LogP contribution in [0.15, 0.2) is 23.1 Å². The van der Waals surface area contributed by atoms with Gasteiger partial charge in [0, 0.05) is 6.54 Å². The van der Waals surface area contributed by atoms with Crippen molar-refractivity contribution < 1.29 is 22.7 Å². The number of methoxy groups -OCH3 is 1. The zero-order valence-corrected chi connectivity index (χ0v) is 11.0. The number of hydrogen-bond donors (Lipinski definition) is 2. The highest BCUT2D eigenvalue weighted by Crippen LogP contribution is 2.20. The molecular formula is C11H16FNO4S. The molecule has 0 aliphatic heterocycles. The largest absolute Gasteiger partial charge is 0.494 e. The minimum absolute atomic E-state index is 0.0158. The highest BCUT2D eigenvalue weighted by molar-refractivity contribution is 7.89. The summed E-state index contributed by atoms with van der Waals surface area (Å²) in [4.78, 5) is -0.175. The third-order valence-corrected chi connectivity index (χ3v) is 3.75. The van der Waals surface area contributed by atoms with Gasteiger partial charge in [0.2, 0.25) is 10.0 Å². The molecule has 2 N–H and O–H groups in total. The summed E-state index contributed by atoms with van der Waals surface area (Å²) in [5.74, 6) is -0.756. The standard InChI is InChI=1S/C11H16FNO4S/c1-8(14)5-6-13-18(15,16)9-3-4-11(17-2)10(12)7-9/h3-4,7-8,13-14H,5-6H2,1-2H3. The maximum absolute atomic E-state index is 13.4. The van der Waals surface area contributed by atoms with E-state index in [1.54, 1.807) is 6.92 Å². The van der Waals surface area contributed by atoms with Gasteiger partial charge >= 0.3 is 0 Å². The van der Waals surface area contributed by atoms with Crippen LogP contribution in [-0.4, -0.2) is 33.3 Å². The molecule has 0 fully saturated rings. The molecule has 0 aromatic heterocycles. The predicted octanol–water partition coefficient (Wildman–Crippen LogP) is 0.884. The van der Waals surface area contributed by atoms with E-state index >= 15 is 0 Å². The van der Waals surface area contributed by atoms with Gasteiger partial charge in [-0.2, -0.15) is 0 Å². The number of rotatable bonds is 6. The van der Waals surface area contributed by atoms with E-state index in [0.717, 1.165) is 6.07 Å². The highest BCUT2D eigenvalue weighted by Gasteiger charge is 2.16. The summed E-state index contributed by atoms with van der Waals surface area (Å²) < 4.78 is 43.9. The Hall–Kier alpha value is -1.18. The second kappa shape index (κ2) is 6.12. The van der Waals surface area contributed by atoms with Crippen LogP contribution in [0.1, 0.15) is 13.3 Å². The van der Waals surface area contributed by atoms with E-state index < -0.39 is 21.9 Å². The first-order valence-corrected chi connectivity index (χ1v) is 6.86. The summed E-state index contributed by atoms with van der Waals surface area (Å²) in [6, 6.07) is 3.40. The Morgan fingerprint density at radius 1 is 1.50 bits per heavy atom. The molecule has 5 nitrogen and oxygen atoms in total. The average Bonchev–Trinajstić information content (AvgIpc) is 2.28. The molecular weight excluding hydrogens is 261 g/mol. The van der Waals surface area contributed by atoms with Crippen molar-refractivity contribution in [2.45, 2.75) is 24.3 Å². The number of halogens is 1. The van der Waals surface area contributed by atoms with Crippen molar-refractivity contribution in [3.8, 4) is 5.75 Å². The molecule has 0 aliphatic rings. The molecule has 0 aliphatic carbocycles. The number of sulfonamides is 1. The van der Waals surface area contributed by atoms with E-state index in [-0.39, 0.29) is 23.6 Å². The van der Waals surface area contributed by atoms with Crippen LogP contribution in [-0.2, 0) is 10.0 Å².